The van der Waals surface area contributed by atoms with Gasteiger partial charge in [-0.25, -0.2) is 0 Å². The molecular weight excluding hydrogens is 306 g/mol. The molecule has 0 aliphatic carbocycles. The number of thiophene rings is 1. The summed E-state index contributed by atoms with van der Waals surface area (Å²) < 4.78 is 11.7. The molecule has 1 aromatic carbocycles. The van der Waals surface area contributed by atoms with Crippen LogP contribution in [0.15, 0.2) is 24.3 Å². The van der Waals surface area contributed by atoms with Crippen LogP contribution in [0.1, 0.15) is 29.0 Å². The first-order valence-corrected chi connectivity index (χ1v) is 8.01. The molecular formula is C16H20ClNO2S. The van der Waals surface area contributed by atoms with E-state index in [0.29, 0.717) is 0 Å². The standard InChI is InChI=1S/C16H20ClNO2S/c1-5-18-15(14-8-10(2)16(17)21-14)12-9-11(19-3)6-7-13(12)20-4/h6-9,15,18H,5H2,1-4H3. The van der Waals surface area contributed by atoms with Gasteiger partial charge in [-0.05, 0) is 43.3 Å². The Kier molecular flexibility index (Phi) is 5.51. The van der Waals surface area contributed by atoms with Gasteiger partial charge >= 0.3 is 0 Å². The molecule has 0 saturated carbocycles. The lowest BCUT2D eigenvalue weighted by atomic mass is 10.0. The minimum absolute atomic E-state index is 0.0382. The summed E-state index contributed by atoms with van der Waals surface area (Å²) >= 11 is 7.82. The van der Waals surface area contributed by atoms with Gasteiger partial charge in [-0.15, -0.1) is 11.3 Å². The molecule has 1 atom stereocenters. The van der Waals surface area contributed by atoms with Gasteiger partial charge in [-0.1, -0.05) is 18.5 Å². The van der Waals surface area contributed by atoms with Crippen LogP contribution in [-0.2, 0) is 0 Å². The Morgan fingerprint density at radius 2 is 2.00 bits per heavy atom. The Morgan fingerprint density at radius 3 is 2.52 bits per heavy atom. The van der Waals surface area contributed by atoms with E-state index in [1.165, 1.54) is 4.88 Å². The Bertz CT molecular complexity index is 593. The zero-order valence-corrected chi connectivity index (χ0v) is 14.3. The van der Waals surface area contributed by atoms with Crippen molar-refractivity contribution in [3.63, 3.8) is 0 Å². The molecule has 0 amide bonds. The maximum Gasteiger partial charge on any atom is 0.124 e. The maximum atomic E-state index is 6.23. The van der Waals surface area contributed by atoms with Gasteiger partial charge in [0.1, 0.15) is 11.5 Å². The first-order chi connectivity index (χ1) is 10.1. The smallest absolute Gasteiger partial charge is 0.124 e. The van der Waals surface area contributed by atoms with Crippen LogP contribution in [0.25, 0.3) is 0 Å². The SMILES string of the molecule is CCNC(c1cc(C)c(Cl)s1)c1cc(OC)ccc1OC. The summed E-state index contributed by atoms with van der Waals surface area (Å²) in [5.41, 5.74) is 2.15. The first kappa shape index (κ1) is 16.1. The molecule has 5 heteroatoms. The number of aryl methyl sites for hydroxylation is 1. The quantitative estimate of drug-likeness (QED) is 0.852. The van der Waals surface area contributed by atoms with Crippen molar-refractivity contribution >= 4 is 22.9 Å². The molecule has 21 heavy (non-hydrogen) atoms. The zero-order valence-electron chi connectivity index (χ0n) is 12.7. The molecule has 2 rings (SSSR count). The predicted molar refractivity (Wildman–Crippen MR) is 89.1 cm³/mol. The van der Waals surface area contributed by atoms with Crippen molar-refractivity contribution < 1.29 is 9.47 Å². The van der Waals surface area contributed by atoms with Gasteiger partial charge in [0.05, 0.1) is 24.6 Å². The lowest BCUT2D eigenvalue weighted by molar-refractivity contribution is 0.394. The van der Waals surface area contributed by atoms with Crippen molar-refractivity contribution in [2.24, 2.45) is 0 Å². The number of benzene rings is 1. The van der Waals surface area contributed by atoms with Crippen molar-refractivity contribution in [1.29, 1.82) is 0 Å². The van der Waals surface area contributed by atoms with Gasteiger partial charge in [0.15, 0.2) is 0 Å². The van der Waals surface area contributed by atoms with Gasteiger partial charge in [0, 0.05) is 10.4 Å². The van der Waals surface area contributed by atoms with E-state index in [4.69, 9.17) is 21.1 Å². The second kappa shape index (κ2) is 7.16. The minimum atomic E-state index is 0.0382. The van der Waals surface area contributed by atoms with E-state index in [1.807, 2.05) is 25.1 Å². The number of ether oxygens (including phenoxy) is 2. The van der Waals surface area contributed by atoms with Crippen molar-refractivity contribution in [3.05, 3.63) is 44.6 Å². The lowest BCUT2D eigenvalue weighted by Crippen LogP contribution is -2.21. The van der Waals surface area contributed by atoms with Crippen LogP contribution in [0.2, 0.25) is 4.34 Å². The van der Waals surface area contributed by atoms with Gasteiger partial charge in [0.2, 0.25) is 0 Å². The van der Waals surface area contributed by atoms with E-state index >= 15 is 0 Å². The molecule has 0 saturated heterocycles. The minimum Gasteiger partial charge on any atom is -0.497 e. The molecule has 0 bridgehead atoms. The Labute approximate surface area is 134 Å². The average Bonchev–Trinajstić information content (AvgIpc) is 2.83. The summed E-state index contributed by atoms with van der Waals surface area (Å²) in [5, 5.41) is 3.50. The number of hydrogen-bond donors (Lipinski definition) is 1. The number of nitrogens with one attached hydrogen (secondary N) is 1. The third-order valence-electron chi connectivity index (χ3n) is 3.32. The molecule has 0 fully saturated rings. The van der Waals surface area contributed by atoms with E-state index in [1.54, 1.807) is 25.6 Å². The molecule has 0 aliphatic heterocycles. The summed E-state index contributed by atoms with van der Waals surface area (Å²) in [6.07, 6.45) is 0. The van der Waals surface area contributed by atoms with Crippen LogP contribution in [0.5, 0.6) is 11.5 Å². The van der Waals surface area contributed by atoms with E-state index in [9.17, 15) is 0 Å². The third kappa shape index (κ3) is 3.51. The Morgan fingerprint density at radius 1 is 1.24 bits per heavy atom. The maximum absolute atomic E-state index is 6.23. The summed E-state index contributed by atoms with van der Waals surface area (Å²) in [4.78, 5) is 1.17. The van der Waals surface area contributed by atoms with Crippen LogP contribution in [0, 0.1) is 6.92 Å². The molecule has 3 nitrogen and oxygen atoms in total. The molecule has 2 aromatic rings. The Hall–Kier alpha value is -1.23. The fraction of sp³-hybridized carbons (Fsp3) is 0.375. The van der Waals surface area contributed by atoms with Gasteiger partial charge in [-0.3, -0.25) is 0 Å². The number of methoxy groups -OCH3 is 2. The summed E-state index contributed by atoms with van der Waals surface area (Å²) in [5.74, 6) is 1.65. The monoisotopic (exact) mass is 325 g/mol. The highest BCUT2D eigenvalue weighted by Gasteiger charge is 2.21. The predicted octanol–water partition coefficient (Wildman–Crippen LogP) is 4.43. The lowest BCUT2D eigenvalue weighted by Gasteiger charge is -2.20. The fourth-order valence-corrected chi connectivity index (χ4v) is 3.57. The fourth-order valence-electron chi connectivity index (χ4n) is 2.26. The van der Waals surface area contributed by atoms with Gasteiger partial charge < -0.3 is 14.8 Å². The normalized spacial score (nSPS) is 12.2. The molecule has 1 N–H and O–H groups in total. The summed E-state index contributed by atoms with van der Waals surface area (Å²) in [7, 11) is 3.35. The second-order valence-corrected chi connectivity index (χ2v) is 6.39. The van der Waals surface area contributed by atoms with Gasteiger partial charge in [-0.2, -0.15) is 0 Å². The van der Waals surface area contributed by atoms with Crippen LogP contribution in [0.4, 0.5) is 0 Å². The highest BCUT2D eigenvalue weighted by Crippen LogP contribution is 2.38. The van der Waals surface area contributed by atoms with E-state index in [2.05, 4.69) is 18.3 Å². The molecule has 0 radical (unpaired) electrons. The highest BCUT2D eigenvalue weighted by molar-refractivity contribution is 7.16. The third-order valence-corrected chi connectivity index (χ3v) is 4.94. The molecule has 114 valence electrons. The average molecular weight is 326 g/mol. The van der Waals surface area contributed by atoms with Crippen LogP contribution in [0.3, 0.4) is 0 Å². The largest absolute Gasteiger partial charge is 0.497 e. The topological polar surface area (TPSA) is 30.5 Å². The van der Waals surface area contributed by atoms with Crippen molar-refractivity contribution in [1.82, 2.24) is 5.32 Å². The van der Waals surface area contributed by atoms with Gasteiger partial charge in [0.25, 0.3) is 0 Å². The number of halogens is 1. The highest BCUT2D eigenvalue weighted by atomic mass is 35.5. The first-order valence-electron chi connectivity index (χ1n) is 6.81. The van der Waals surface area contributed by atoms with Crippen LogP contribution < -0.4 is 14.8 Å². The molecule has 0 aliphatic rings. The van der Waals surface area contributed by atoms with E-state index in [0.717, 1.165) is 33.5 Å². The number of rotatable bonds is 6. The zero-order chi connectivity index (χ0) is 15.4. The van der Waals surface area contributed by atoms with Crippen LogP contribution >= 0.6 is 22.9 Å². The molecule has 1 heterocycles. The summed E-state index contributed by atoms with van der Waals surface area (Å²) in [6, 6.07) is 8.00. The van der Waals surface area contributed by atoms with Crippen molar-refractivity contribution in [2.75, 3.05) is 20.8 Å². The van der Waals surface area contributed by atoms with Crippen LogP contribution in [-0.4, -0.2) is 20.8 Å². The Balaban J connectivity index is 2.51. The summed E-state index contributed by atoms with van der Waals surface area (Å²) in [6.45, 7) is 4.95. The molecule has 1 unspecified atom stereocenters. The van der Waals surface area contributed by atoms with Crippen molar-refractivity contribution in [3.8, 4) is 11.5 Å². The molecule has 1 aromatic heterocycles. The number of hydrogen-bond acceptors (Lipinski definition) is 4. The molecule has 0 spiro atoms. The van der Waals surface area contributed by atoms with E-state index in [-0.39, 0.29) is 6.04 Å². The van der Waals surface area contributed by atoms with E-state index < -0.39 is 0 Å². The second-order valence-electron chi connectivity index (χ2n) is 4.70. The van der Waals surface area contributed by atoms with Crippen molar-refractivity contribution in [2.45, 2.75) is 19.9 Å².